The van der Waals surface area contributed by atoms with E-state index in [2.05, 4.69) is 44.7 Å². The van der Waals surface area contributed by atoms with Crippen LogP contribution in [-0.2, 0) is 0 Å². The SMILES string of the molecule is Cl.O=c1[nH]nc(-c2cccc(NCCCCCN3CC=CCC3)c2)c2ccccc12. The van der Waals surface area contributed by atoms with E-state index in [-0.39, 0.29) is 18.0 Å². The first kappa shape index (κ1) is 22.1. The highest BCUT2D eigenvalue weighted by atomic mass is 35.5. The van der Waals surface area contributed by atoms with Crippen LogP contribution in [0.1, 0.15) is 25.7 Å². The van der Waals surface area contributed by atoms with E-state index in [1.165, 1.54) is 32.4 Å². The van der Waals surface area contributed by atoms with E-state index in [9.17, 15) is 4.79 Å². The molecule has 6 heteroatoms. The van der Waals surface area contributed by atoms with Gasteiger partial charge >= 0.3 is 0 Å². The minimum atomic E-state index is -0.154. The smallest absolute Gasteiger partial charge is 0.272 e. The Balaban J connectivity index is 0.00000256. The van der Waals surface area contributed by atoms with E-state index in [0.717, 1.165) is 41.8 Å². The van der Waals surface area contributed by atoms with Gasteiger partial charge in [0, 0.05) is 36.3 Å². The summed E-state index contributed by atoms with van der Waals surface area (Å²) in [7, 11) is 0. The third kappa shape index (κ3) is 5.49. The molecule has 0 saturated carbocycles. The topological polar surface area (TPSA) is 61.0 Å². The number of nitrogens with zero attached hydrogens (tertiary/aromatic N) is 2. The Bertz CT molecular complexity index is 1050. The van der Waals surface area contributed by atoms with Crippen molar-refractivity contribution in [2.24, 2.45) is 0 Å². The van der Waals surface area contributed by atoms with Crippen LogP contribution >= 0.6 is 12.4 Å². The maximum atomic E-state index is 12.0. The Labute approximate surface area is 183 Å². The first-order valence-electron chi connectivity index (χ1n) is 10.5. The standard InChI is InChI=1S/C24H28N4O.ClH/c29-24-22-13-4-3-12-21(22)23(26-27-24)19-10-9-11-20(18-19)25-14-5-1-6-15-28-16-7-2-8-17-28;/h2-4,7,9-13,18,25H,1,5-6,8,14-17H2,(H,27,29);1H. The second-order valence-corrected chi connectivity index (χ2v) is 7.58. The summed E-state index contributed by atoms with van der Waals surface area (Å²) in [4.78, 5) is 14.5. The van der Waals surface area contributed by atoms with E-state index < -0.39 is 0 Å². The third-order valence-corrected chi connectivity index (χ3v) is 5.45. The van der Waals surface area contributed by atoms with Gasteiger partial charge < -0.3 is 5.32 Å². The van der Waals surface area contributed by atoms with Gasteiger partial charge in [-0.05, 0) is 44.0 Å². The molecule has 3 aromatic rings. The lowest BCUT2D eigenvalue weighted by Gasteiger charge is -2.22. The number of aromatic nitrogens is 2. The molecule has 0 atom stereocenters. The van der Waals surface area contributed by atoms with Crippen molar-refractivity contribution >= 4 is 28.9 Å². The minimum absolute atomic E-state index is 0. The van der Waals surface area contributed by atoms with E-state index >= 15 is 0 Å². The fourth-order valence-electron chi connectivity index (χ4n) is 3.87. The second-order valence-electron chi connectivity index (χ2n) is 7.58. The number of benzene rings is 2. The van der Waals surface area contributed by atoms with Crippen LogP contribution in [0.5, 0.6) is 0 Å². The quantitative estimate of drug-likeness (QED) is 0.400. The predicted octanol–water partition coefficient (Wildman–Crippen LogP) is 4.86. The van der Waals surface area contributed by atoms with Crippen LogP contribution in [-0.4, -0.2) is 41.3 Å². The van der Waals surface area contributed by atoms with Crippen LogP contribution < -0.4 is 10.9 Å². The van der Waals surface area contributed by atoms with Gasteiger partial charge in [0.25, 0.3) is 5.56 Å². The van der Waals surface area contributed by atoms with Crippen LogP contribution in [0.2, 0.25) is 0 Å². The number of anilines is 1. The first-order valence-corrected chi connectivity index (χ1v) is 10.5. The van der Waals surface area contributed by atoms with Gasteiger partial charge in [0.15, 0.2) is 0 Å². The lowest BCUT2D eigenvalue weighted by atomic mass is 10.0. The molecule has 0 bridgehead atoms. The number of aromatic amines is 1. The molecule has 0 amide bonds. The van der Waals surface area contributed by atoms with E-state index in [1.54, 1.807) is 0 Å². The number of nitrogens with one attached hydrogen (secondary N) is 2. The average Bonchev–Trinajstić information content (AvgIpc) is 2.77. The average molecular weight is 425 g/mol. The summed E-state index contributed by atoms with van der Waals surface area (Å²) in [6.45, 7) is 4.47. The zero-order valence-electron chi connectivity index (χ0n) is 17.1. The lowest BCUT2D eigenvalue weighted by molar-refractivity contribution is 0.291. The highest BCUT2D eigenvalue weighted by molar-refractivity contribution is 5.94. The molecule has 2 N–H and O–H groups in total. The van der Waals surface area contributed by atoms with Crippen molar-refractivity contribution in [3.8, 4) is 11.3 Å². The summed E-state index contributed by atoms with van der Waals surface area (Å²) in [6, 6.07) is 15.8. The Kier molecular flexibility index (Phi) is 8.05. The maximum Gasteiger partial charge on any atom is 0.272 e. The van der Waals surface area contributed by atoms with Crippen molar-refractivity contribution in [3.05, 3.63) is 71.0 Å². The van der Waals surface area contributed by atoms with E-state index in [0.29, 0.717) is 5.39 Å². The molecular formula is C24H29ClN4O. The van der Waals surface area contributed by atoms with Gasteiger partial charge in [-0.25, -0.2) is 5.10 Å². The minimum Gasteiger partial charge on any atom is -0.385 e. The zero-order chi connectivity index (χ0) is 19.9. The van der Waals surface area contributed by atoms with Crippen molar-refractivity contribution < 1.29 is 0 Å². The number of hydrogen-bond donors (Lipinski definition) is 2. The van der Waals surface area contributed by atoms with Crippen LogP contribution in [0, 0.1) is 0 Å². The predicted molar refractivity (Wildman–Crippen MR) is 128 cm³/mol. The largest absolute Gasteiger partial charge is 0.385 e. The molecule has 2 heterocycles. The molecule has 0 fully saturated rings. The lowest BCUT2D eigenvalue weighted by Crippen LogP contribution is -2.28. The number of rotatable bonds is 8. The summed E-state index contributed by atoms with van der Waals surface area (Å²) in [5.41, 5.74) is 2.74. The number of fused-ring (bicyclic) bond motifs is 1. The van der Waals surface area contributed by atoms with Crippen molar-refractivity contribution in [2.75, 3.05) is 31.5 Å². The second kappa shape index (κ2) is 11.0. The van der Waals surface area contributed by atoms with E-state index in [1.807, 2.05) is 36.4 Å². The van der Waals surface area contributed by atoms with Crippen molar-refractivity contribution in [1.82, 2.24) is 15.1 Å². The fraction of sp³-hybridized carbons (Fsp3) is 0.333. The monoisotopic (exact) mass is 424 g/mol. The van der Waals surface area contributed by atoms with Gasteiger partial charge in [-0.3, -0.25) is 9.69 Å². The molecule has 0 unspecified atom stereocenters. The Morgan fingerprint density at radius 3 is 2.70 bits per heavy atom. The van der Waals surface area contributed by atoms with E-state index in [4.69, 9.17) is 0 Å². The summed E-state index contributed by atoms with van der Waals surface area (Å²) < 4.78 is 0. The fourth-order valence-corrected chi connectivity index (χ4v) is 3.87. The molecule has 158 valence electrons. The molecule has 0 saturated heterocycles. The highest BCUT2D eigenvalue weighted by Gasteiger charge is 2.09. The normalized spacial score (nSPS) is 13.9. The van der Waals surface area contributed by atoms with Gasteiger partial charge in [-0.2, -0.15) is 5.10 Å². The van der Waals surface area contributed by atoms with Gasteiger partial charge in [-0.15, -0.1) is 12.4 Å². The third-order valence-electron chi connectivity index (χ3n) is 5.45. The molecule has 1 aliphatic heterocycles. The number of unbranched alkanes of at least 4 members (excludes halogenated alkanes) is 2. The molecule has 0 radical (unpaired) electrons. The number of hydrogen-bond acceptors (Lipinski definition) is 4. The molecular weight excluding hydrogens is 396 g/mol. The molecule has 1 aliphatic rings. The zero-order valence-corrected chi connectivity index (χ0v) is 18.0. The summed E-state index contributed by atoms with van der Waals surface area (Å²) >= 11 is 0. The number of halogens is 1. The molecule has 4 rings (SSSR count). The van der Waals surface area contributed by atoms with Crippen LogP contribution in [0.25, 0.3) is 22.0 Å². The Morgan fingerprint density at radius 2 is 1.87 bits per heavy atom. The number of H-pyrrole nitrogens is 1. The van der Waals surface area contributed by atoms with Crippen molar-refractivity contribution in [1.29, 1.82) is 0 Å². The van der Waals surface area contributed by atoms with Gasteiger partial charge in [0.05, 0.1) is 11.1 Å². The van der Waals surface area contributed by atoms with Gasteiger partial charge in [-0.1, -0.05) is 48.9 Å². The first-order chi connectivity index (χ1) is 14.3. The molecule has 5 nitrogen and oxygen atoms in total. The van der Waals surface area contributed by atoms with Gasteiger partial charge in [0.1, 0.15) is 0 Å². The van der Waals surface area contributed by atoms with Crippen molar-refractivity contribution in [2.45, 2.75) is 25.7 Å². The summed E-state index contributed by atoms with van der Waals surface area (Å²) in [6.07, 6.45) is 9.39. The highest BCUT2D eigenvalue weighted by Crippen LogP contribution is 2.26. The Morgan fingerprint density at radius 1 is 1.00 bits per heavy atom. The maximum absolute atomic E-state index is 12.0. The Hall–Kier alpha value is -2.63. The van der Waals surface area contributed by atoms with Crippen LogP contribution in [0.15, 0.2) is 65.5 Å². The molecule has 1 aromatic heterocycles. The summed E-state index contributed by atoms with van der Waals surface area (Å²) in [5, 5.41) is 12.0. The molecule has 2 aromatic carbocycles. The van der Waals surface area contributed by atoms with Gasteiger partial charge in [0.2, 0.25) is 0 Å². The van der Waals surface area contributed by atoms with Crippen LogP contribution in [0.4, 0.5) is 5.69 Å². The van der Waals surface area contributed by atoms with Crippen molar-refractivity contribution in [3.63, 3.8) is 0 Å². The van der Waals surface area contributed by atoms with Crippen LogP contribution in [0.3, 0.4) is 0 Å². The molecule has 0 spiro atoms. The summed E-state index contributed by atoms with van der Waals surface area (Å²) in [5.74, 6) is 0. The molecule has 30 heavy (non-hydrogen) atoms. The molecule has 0 aliphatic carbocycles.